The van der Waals surface area contributed by atoms with Crippen LogP contribution in [0.3, 0.4) is 0 Å². The minimum Gasteiger partial charge on any atom is -0.392 e. The Morgan fingerprint density at radius 3 is 2.76 bits per heavy atom. The van der Waals surface area contributed by atoms with Crippen molar-refractivity contribution in [1.82, 2.24) is 10.6 Å². The lowest BCUT2D eigenvalue weighted by atomic mass is 9.28. The largest absolute Gasteiger partial charge is 0.392 e. The molecule has 0 aromatic carbocycles. The zero-order valence-corrected chi connectivity index (χ0v) is 18.3. The first-order valence-electron chi connectivity index (χ1n) is 12.3. The summed E-state index contributed by atoms with van der Waals surface area (Å²) in [6, 6.07) is 0.499. The second kappa shape index (κ2) is 5.88. The molecule has 8 aliphatic carbocycles. The van der Waals surface area contributed by atoms with E-state index in [9.17, 15) is 10.2 Å². The summed E-state index contributed by atoms with van der Waals surface area (Å²) in [6.07, 6.45) is 15.7. The maximum Gasteiger partial charge on any atom is 0.0718 e. The number of rotatable bonds is 4. The molecule has 0 aromatic rings. The van der Waals surface area contributed by atoms with Crippen molar-refractivity contribution >= 4 is 0 Å². The van der Waals surface area contributed by atoms with Gasteiger partial charge in [0.25, 0.3) is 0 Å². The van der Waals surface area contributed by atoms with Crippen molar-refractivity contribution in [2.75, 3.05) is 20.1 Å². The van der Waals surface area contributed by atoms with Gasteiger partial charge in [0.05, 0.1) is 11.7 Å². The predicted octanol–water partition coefficient (Wildman–Crippen LogP) is 2.99. The molecular weight excluding hydrogens is 360 g/mol. The Morgan fingerprint density at radius 2 is 1.93 bits per heavy atom. The van der Waals surface area contributed by atoms with Crippen LogP contribution in [0.1, 0.15) is 71.1 Å². The normalized spacial score (nSPS) is 59.4. The van der Waals surface area contributed by atoms with Crippen LogP contribution in [0, 0.1) is 33.5 Å². The minimum absolute atomic E-state index is 0.0936. The molecule has 4 heteroatoms. The Bertz CT molecular complexity index is 740. The number of hydrogen-bond donors (Lipinski definition) is 4. The number of aliphatic hydroxyl groups excluding tert-OH is 1. The Balaban J connectivity index is 1.50. The van der Waals surface area contributed by atoms with Crippen molar-refractivity contribution < 1.29 is 10.2 Å². The maximum absolute atomic E-state index is 12.3. The van der Waals surface area contributed by atoms with Crippen molar-refractivity contribution in [1.29, 1.82) is 0 Å². The lowest BCUT2D eigenvalue weighted by Crippen LogP contribution is -2.76. The third-order valence-corrected chi connectivity index (χ3v) is 11.1. The second-order valence-corrected chi connectivity index (χ2v) is 12.2. The van der Waals surface area contributed by atoms with Gasteiger partial charge in [0.15, 0.2) is 0 Å². The third-order valence-electron chi connectivity index (χ3n) is 11.1. The van der Waals surface area contributed by atoms with Crippen molar-refractivity contribution in [3.63, 3.8) is 0 Å². The summed E-state index contributed by atoms with van der Waals surface area (Å²) in [7, 11) is 2.02. The highest BCUT2D eigenvalue weighted by atomic mass is 16.3. The van der Waals surface area contributed by atoms with E-state index in [-0.39, 0.29) is 27.8 Å². The van der Waals surface area contributed by atoms with E-state index in [4.69, 9.17) is 0 Å². The Morgan fingerprint density at radius 1 is 1.07 bits per heavy atom. The van der Waals surface area contributed by atoms with Gasteiger partial charge in [-0.25, -0.2) is 0 Å². The van der Waals surface area contributed by atoms with E-state index < -0.39 is 5.60 Å². The molecule has 29 heavy (non-hydrogen) atoms. The first-order valence-corrected chi connectivity index (χ1v) is 12.3. The summed E-state index contributed by atoms with van der Waals surface area (Å²) in [6.45, 7) is 4.34. The third kappa shape index (κ3) is 2.02. The van der Waals surface area contributed by atoms with Gasteiger partial charge in [0.2, 0.25) is 0 Å². The standard InChI is InChI=1S/C25H40N2O2/c1-21-7-4-9-24(29,15-21)23-13-17-6-10-25(23,19(28)14-21)22(16-23)8-3-5-18(22)20(17)27-12-11-26-2/h6,10,17-20,26-29H,3-5,7-9,11-16H2,1-2H3/t17-,18+,19-,20-,21+,22+,23+,24-,25+/m1/s1. The average molecular weight is 401 g/mol. The highest BCUT2D eigenvalue weighted by Gasteiger charge is 2.86. The second-order valence-electron chi connectivity index (χ2n) is 12.2. The van der Waals surface area contributed by atoms with Crippen LogP contribution in [-0.4, -0.2) is 48.1 Å². The summed E-state index contributed by atoms with van der Waals surface area (Å²) >= 11 is 0. The van der Waals surface area contributed by atoms with Gasteiger partial charge < -0.3 is 20.8 Å². The summed E-state index contributed by atoms with van der Waals surface area (Å²) < 4.78 is 0. The molecule has 0 aromatic heterocycles. The van der Waals surface area contributed by atoms with E-state index in [1.807, 2.05) is 7.05 Å². The maximum atomic E-state index is 12.3. The molecule has 6 saturated carbocycles. The summed E-state index contributed by atoms with van der Waals surface area (Å²) in [4.78, 5) is 0. The van der Waals surface area contributed by atoms with Gasteiger partial charge in [0.1, 0.15) is 0 Å². The van der Waals surface area contributed by atoms with E-state index in [1.165, 1.54) is 19.3 Å². The molecule has 8 rings (SSSR count). The van der Waals surface area contributed by atoms with Gasteiger partial charge in [-0.15, -0.1) is 0 Å². The molecule has 0 saturated heterocycles. The van der Waals surface area contributed by atoms with Gasteiger partial charge in [-0.3, -0.25) is 0 Å². The zero-order chi connectivity index (χ0) is 20.1. The molecule has 0 amide bonds. The molecule has 0 radical (unpaired) electrons. The Kier molecular flexibility index (Phi) is 3.91. The van der Waals surface area contributed by atoms with Gasteiger partial charge in [-0.2, -0.15) is 0 Å². The molecule has 162 valence electrons. The molecule has 0 unspecified atom stereocenters. The van der Waals surface area contributed by atoms with Gasteiger partial charge in [0, 0.05) is 30.0 Å². The monoisotopic (exact) mass is 400 g/mol. The molecule has 0 aliphatic heterocycles. The van der Waals surface area contributed by atoms with Crippen LogP contribution in [0.5, 0.6) is 0 Å². The number of likely N-dealkylation sites (N-methyl/N-ethyl adjacent to an activating group) is 1. The van der Waals surface area contributed by atoms with Crippen molar-refractivity contribution in [3.8, 4) is 0 Å². The quantitative estimate of drug-likeness (QED) is 0.433. The number of fused-ring (bicyclic) bond motifs is 2. The van der Waals surface area contributed by atoms with Crippen LogP contribution >= 0.6 is 0 Å². The van der Waals surface area contributed by atoms with Crippen LogP contribution in [0.15, 0.2) is 12.2 Å². The van der Waals surface area contributed by atoms with Gasteiger partial charge in [-0.05, 0) is 81.1 Å². The van der Waals surface area contributed by atoms with Crippen LogP contribution in [0.2, 0.25) is 0 Å². The lowest BCUT2D eigenvalue weighted by molar-refractivity contribution is -0.314. The fraction of sp³-hybridized carbons (Fsp3) is 0.920. The van der Waals surface area contributed by atoms with Crippen molar-refractivity contribution in [3.05, 3.63) is 12.2 Å². The van der Waals surface area contributed by atoms with Crippen molar-refractivity contribution in [2.24, 2.45) is 33.5 Å². The van der Waals surface area contributed by atoms with E-state index in [2.05, 4.69) is 29.7 Å². The Hall–Kier alpha value is -0.420. The fourth-order valence-corrected chi connectivity index (χ4v) is 10.5. The topological polar surface area (TPSA) is 64.5 Å². The number of aliphatic hydroxyl groups is 2. The molecule has 4 nitrogen and oxygen atoms in total. The number of hydrogen-bond acceptors (Lipinski definition) is 4. The Labute approximate surface area is 175 Å². The van der Waals surface area contributed by atoms with Crippen LogP contribution < -0.4 is 10.6 Å². The van der Waals surface area contributed by atoms with E-state index in [0.717, 1.165) is 58.0 Å². The highest BCUT2D eigenvalue weighted by Crippen LogP contribution is 2.87. The summed E-state index contributed by atoms with van der Waals surface area (Å²) in [5.74, 6) is 1.13. The minimum atomic E-state index is -0.598. The molecule has 8 aliphatic rings. The van der Waals surface area contributed by atoms with E-state index >= 15 is 0 Å². The molecular formula is C25H40N2O2. The molecule has 6 fully saturated rings. The molecule has 4 N–H and O–H groups in total. The molecule has 3 spiro atoms. The van der Waals surface area contributed by atoms with Crippen LogP contribution in [-0.2, 0) is 0 Å². The average Bonchev–Trinajstić information content (AvgIpc) is 2.97. The van der Waals surface area contributed by atoms with Crippen LogP contribution in [0.25, 0.3) is 0 Å². The van der Waals surface area contributed by atoms with E-state index in [0.29, 0.717) is 17.9 Å². The summed E-state index contributed by atoms with van der Waals surface area (Å²) in [5.41, 5.74) is -0.628. The van der Waals surface area contributed by atoms with Gasteiger partial charge >= 0.3 is 0 Å². The summed E-state index contributed by atoms with van der Waals surface area (Å²) in [5, 5.41) is 31.5. The van der Waals surface area contributed by atoms with Crippen LogP contribution in [0.4, 0.5) is 0 Å². The zero-order valence-electron chi connectivity index (χ0n) is 18.3. The fourth-order valence-electron chi connectivity index (χ4n) is 10.5. The highest BCUT2D eigenvalue weighted by molar-refractivity contribution is 5.42. The first kappa shape index (κ1) is 19.3. The van der Waals surface area contributed by atoms with E-state index in [1.54, 1.807) is 0 Å². The predicted molar refractivity (Wildman–Crippen MR) is 114 cm³/mol. The number of nitrogens with one attached hydrogen (secondary N) is 2. The SMILES string of the molecule is CNCCN[C@@H]1[C@@H]2C=C[C@@]34[C@H](O)C[C@]5(C)CCC[C@@](O)(C5)[C@]3(C2)C[C@]42CCC[C@@H]12. The van der Waals surface area contributed by atoms with Gasteiger partial charge in [-0.1, -0.05) is 31.9 Å². The molecule has 0 heterocycles. The smallest absolute Gasteiger partial charge is 0.0718 e. The molecule has 9 atom stereocenters. The molecule has 6 bridgehead atoms. The van der Waals surface area contributed by atoms with Crippen molar-refractivity contribution in [2.45, 2.75) is 88.9 Å². The first-order chi connectivity index (χ1) is 13.9. The lowest BCUT2D eigenvalue weighted by Gasteiger charge is -2.76.